The molecule has 0 saturated carbocycles. The average molecular weight is 631 g/mol. The molecule has 0 spiro atoms. The van der Waals surface area contributed by atoms with Crippen molar-refractivity contribution in [3.8, 4) is 6.07 Å². The van der Waals surface area contributed by atoms with E-state index in [0.29, 0.717) is 11.8 Å². The number of aliphatic imine (C=N–C) groups is 1. The number of hydrogen-bond donors (Lipinski definition) is 1. The first-order valence-corrected chi connectivity index (χ1v) is 13.1. The fraction of sp³-hybridized carbons (Fsp3) is 0.207. The summed E-state index contributed by atoms with van der Waals surface area (Å²) in [5.74, 6) is 0.0731. The fourth-order valence-corrected chi connectivity index (χ4v) is 5.27. The lowest BCUT2D eigenvalue weighted by atomic mass is 10.0. The average Bonchev–Trinajstić information content (AvgIpc) is 3.11. The maximum atomic E-state index is 13.9. The van der Waals surface area contributed by atoms with Crippen LogP contribution in [-0.2, 0) is 12.4 Å². The van der Waals surface area contributed by atoms with E-state index in [1.54, 1.807) is 30.9 Å². The maximum Gasteiger partial charge on any atom is 0.417 e. The molecular formula is C29H20F6N6S2. The van der Waals surface area contributed by atoms with Gasteiger partial charge >= 0.3 is 12.4 Å². The summed E-state index contributed by atoms with van der Waals surface area (Å²) in [7, 11) is 0. The highest BCUT2D eigenvalue weighted by molar-refractivity contribution is 7.81. The van der Waals surface area contributed by atoms with E-state index in [2.05, 4.69) is 15.2 Å². The predicted molar refractivity (Wildman–Crippen MR) is 160 cm³/mol. The predicted octanol–water partition coefficient (Wildman–Crippen LogP) is 8.64. The number of alkyl halides is 6. The first kappa shape index (κ1) is 31.4. The van der Waals surface area contributed by atoms with Crippen molar-refractivity contribution >= 4 is 63.2 Å². The lowest BCUT2D eigenvalue weighted by Crippen LogP contribution is -2.45. The molecule has 1 aliphatic rings. The van der Waals surface area contributed by atoms with Crippen molar-refractivity contribution in [3.05, 3.63) is 94.3 Å². The van der Waals surface area contributed by atoms with Crippen molar-refractivity contribution in [3.63, 3.8) is 0 Å². The maximum absolute atomic E-state index is 13.9. The number of aryl methyl sites for hydroxylation is 1. The number of benzene rings is 3. The Morgan fingerprint density at radius 2 is 1.56 bits per heavy atom. The van der Waals surface area contributed by atoms with Gasteiger partial charge in [-0.2, -0.15) is 31.6 Å². The van der Waals surface area contributed by atoms with Gasteiger partial charge in [-0.15, -0.1) is 0 Å². The topological polar surface area (TPSA) is 59.0 Å². The van der Waals surface area contributed by atoms with Gasteiger partial charge in [-0.1, -0.05) is 23.8 Å². The molecule has 3 aromatic rings. The van der Waals surface area contributed by atoms with Crippen LogP contribution in [0.1, 0.15) is 36.1 Å². The molecule has 6 nitrogen and oxygen atoms in total. The van der Waals surface area contributed by atoms with Crippen molar-refractivity contribution < 1.29 is 26.3 Å². The molecule has 1 aliphatic heterocycles. The molecule has 1 N–H and O–H groups in total. The number of rotatable bonds is 3. The van der Waals surface area contributed by atoms with E-state index in [9.17, 15) is 26.3 Å². The Kier molecular flexibility index (Phi) is 8.24. The fourth-order valence-electron chi connectivity index (χ4n) is 4.54. The second-order valence-corrected chi connectivity index (χ2v) is 10.6. The van der Waals surface area contributed by atoms with E-state index in [-0.39, 0.29) is 27.4 Å². The molecular weight excluding hydrogens is 610 g/mol. The van der Waals surface area contributed by atoms with Gasteiger partial charge in [0.05, 0.1) is 29.3 Å². The monoisotopic (exact) mass is 630 g/mol. The quantitative estimate of drug-likeness (QED) is 0.178. The van der Waals surface area contributed by atoms with Gasteiger partial charge in [0.25, 0.3) is 0 Å². The molecule has 14 heteroatoms. The zero-order valence-corrected chi connectivity index (χ0v) is 24.2. The van der Waals surface area contributed by atoms with Crippen molar-refractivity contribution in [2.24, 2.45) is 4.99 Å². The number of thiocarbonyl (C=S) groups is 2. The molecule has 0 radical (unpaired) electrons. The second kappa shape index (κ2) is 11.3. The summed E-state index contributed by atoms with van der Waals surface area (Å²) in [5, 5.41) is 11.4. The van der Waals surface area contributed by atoms with Crippen LogP contribution < -0.4 is 15.1 Å². The molecule has 0 unspecified atom stereocenters. The van der Waals surface area contributed by atoms with E-state index in [4.69, 9.17) is 36.3 Å². The Morgan fingerprint density at radius 1 is 0.953 bits per heavy atom. The van der Waals surface area contributed by atoms with Crippen LogP contribution >= 0.6 is 24.4 Å². The van der Waals surface area contributed by atoms with Crippen LogP contribution in [0.3, 0.4) is 0 Å². The third-order valence-corrected chi connectivity index (χ3v) is 7.12. The molecule has 0 atom stereocenters. The van der Waals surface area contributed by atoms with Crippen LogP contribution in [0.15, 0.2) is 65.7 Å². The second-order valence-electron chi connectivity index (χ2n) is 9.89. The van der Waals surface area contributed by atoms with Crippen molar-refractivity contribution in [2.75, 3.05) is 15.1 Å². The van der Waals surface area contributed by atoms with Gasteiger partial charge in [0.2, 0.25) is 0 Å². The highest BCUT2D eigenvalue weighted by Crippen LogP contribution is 2.42. The Morgan fingerprint density at radius 3 is 2.12 bits per heavy atom. The zero-order valence-electron chi connectivity index (χ0n) is 22.6. The largest absolute Gasteiger partial charge is 0.417 e. The molecule has 0 bridgehead atoms. The summed E-state index contributed by atoms with van der Waals surface area (Å²) in [6.45, 7) is 12.5. The third kappa shape index (κ3) is 6.16. The molecule has 1 heterocycles. The SMILES string of the molecule is [C-]#[N+]c1ccc(N2C(=S)N(c3ccc(C)cc3)C(C)(C)/C2=N\C(=S)Nc2ccc(C#N)c(C(F)(F)F)c2)cc1C(F)(F)F. The van der Waals surface area contributed by atoms with Crippen LogP contribution in [0.4, 0.5) is 49.1 Å². The first-order chi connectivity index (χ1) is 20.0. The number of nitrogens with one attached hydrogen (secondary N) is 1. The molecule has 43 heavy (non-hydrogen) atoms. The van der Waals surface area contributed by atoms with Crippen molar-refractivity contribution in [2.45, 2.75) is 38.7 Å². The lowest BCUT2D eigenvalue weighted by Gasteiger charge is -2.31. The molecule has 0 amide bonds. The molecule has 0 aromatic heterocycles. The van der Waals surface area contributed by atoms with Crippen LogP contribution in [-0.4, -0.2) is 21.6 Å². The highest BCUT2D eigenvalue weighted by Gasteiger charge is 2.49. The summed E-state index contributed by atoms with van der Waals surface area (Å²) in [6.07, 6.45) is -9.65. The van der Waals surface area contributed by atoms with Crippen LogP contribution in [0.2, 0.25) is 0 Å². The number of halogens is 6. The van der Waals surface area contributed by atoms with Crippen LogP contribution in [0.25, 0.3) is 4.85 Å². The van der Waals surface area contributed by atoms with Crippen molar-refractivity contribution in [1.29, 1.82) is 5.26 Å². The molecule has 1 fully saturated rings. The minimum Gasteiger partial charge on any atom is -0.331 e. The van der Waals surface area contributed by atoms with Gasteiger partial charge in [0.15, 0.2) is 15.9 Å². The van der Waals surface area contributed by atoms with E-state index >= 15 is 0 Å². The van der Waals surface area contributed by atoms with E-state index in [1.807, 2.05) is 19.1 Å². The van der Waals surface area contributed by atoms with Crippen LogP contribution in [0, 0.1) is 24.8 Å². The van der Waals surface area contributed by atoms with Crippen molar-refractivity contribution in [1.82, 2.24) is 0 Å². The van der Waals surface area contributed by atoms with Crippen LogP contribution in [0.5, 0.6) is 0 Å². The zero-order chi connectivity index (χ0) is 31.9. The Bertz CT molecular complexity index is 1730. The molecule has 220 valence electrons. The molecule has 0 aliphatic carbocycles. The van der Waals surface area contributed by atoms with E-state index in [1.165, 1.54) is 23.1 Å². The first-order valence-electron chi connectivity index (χ1n) is 12.3. The summed E-state index contributed by atoms with van der Waals surface area (Å²) >= 11 is 11.1. The number of amidine groups is 1. The van der Waals surface area contributed by atoms with Gasteiger partial charge in [0, 0.05) is 17.1 Å². The summed E-state index contributed by atoms with van der Waals surface area (Å²) < 4.78 is 82.2. The summed E-state index contributed by atoms with van der Waals surface area (Å²) in [6, 6.07) is 14.7. The molecule has 3 aromatic carbocycles. The number of nitriles is 1. The summed E-state index contributed by atoms with van der Waals surface area (Å²) in [4.78, 5) is 10.4. The number of anilines is 3. The Hall–Kier alpha value is -4.53. The normalized spacial score (nSPS) is 15.8. The van der Waals surface area contributed by atoms with Gasteiger partial charge in [0.1, 0.15) is 11.4 Å². The minimum absolute atomic E-state index is 0.0494. The number of nitrogens with zero attached hydrogens (tertiary/aromatic N) is 5. The van der Waals surface area contributed by atoms with Gasteiger partial charge in [-0.05, 0) is 87.7 Å². The standard InChI is InChI=1S/C29H20F6N6S2/c1-16-5-9-19(10-6-16)41-26(43)40(20-11-12-23(37-4)22(14-20)29(33,34)35)24(27(41,2)3)39-25(42)38-18-8-7-17(15-36)21(13-18)28(30,31)32/h5-14H,1-3H3,(H,38,42)/b39-24+. The number of hydrogen-bond acceptors (Lipinski definition) is 3. The third-order valence-electron chi connectivity index (χ3n) is 6.56. The minimum atomic E-state index is -4.84. The summed E-state index contributed by atoms with van der Waals surface area (Å²) in [5.41, 5.74) is -3.27. The molecule has 4 rings (SSSR count). The smallest absolute Gasteiger partial charge is 0.331 e. The van der Waals surface area contributed by atoms with Gasteiger partial charge in [-0.3, -0.25) is 4.90 Å². The lowest BCUT2D eigenvalue weighted by molar-refractivity contribution is -0.138. The van der Waals surface area contributed by atoms with Gasteiger partial charge < -0.3 is 10.2 Å². The Balaban J connectivity index is 1.85. The molecule has 1 saturated heterocycles. The van der Waals surface area contributed by atoms with E-state index < -0.39 is 40.3 Å². The van der Waals surface area contributed by atoms with Gasteiger partial charge in [-0.25, -0.2) is 9.84 Å². The Labute approximate surface area is 253 Å². The van der Waals surface area contributed by atoms with E-state index in [0.717, 1.165) is 23.8 Å². The highest BCUT2D eigenvalue weighted by atomic mass is 32.1.